The van der Waals surface area contributed by atoms with Gasteiger partial charge in [-0.15, -0.1) is 22.7 Å². The molecule has 2 aromatic heterocycles. The second-order valence-corrected chi connectivity index (χ2v) is 30.0. The molecule has 0 aromatic carbocycles. The number of rotatable bonds is 37. The number of β-amino-alcohol motifs (C(OH)–C–C–N with tert-alkyl or cyclic N) is 1. The van der Waals surface area contributed by atoms with E-state index in [9.17, 15) is 68.1 Å². The zero-order chi connectivity index (χ0) is 73.0. The maximum atomic E-state index is 14.9. The maximum absolute atomic E-state index is 14.9. The Morgan fingerprint density at radius 1 is 0.574 bits per heavy atom. The first-order valence-electron chi connectivity index (χ1n) is 35.0. The summed E-state index contributed by atoms with van der Waals surface area (Å²) in [6.07, 6.45) is 8.45. The Bertz CT molecular complexity index is 3280. The molecule has 2 saturated heterocycles. The number of carboxylic acid groups (broad SMARTS) is 1. The molecule has 10 amide bonds. The number of hydrogen-bond donors (Lipinski definition) is 17. The number of amides is 10. The van der Waals surface area contributed by atoms with Crippen molar-refractivity contribution < 1.29 is 68.1 Å². The summed E-state index contributed by atoms with van der Waals surface area (Å²) in [5.74, 6) is -7.37. The van der Waals surface area contributed by atoms with Gasteiger partial charge in [-0.25, -0.2) is 4.79 Å². The number of aliphatic carboxylic acids is 1. The number of nitrogens with two attached hydrogens (primary N) is 6. The van der Waals surface area contributed by atoms with E-state index < -0.39 is 132 Å². The van der Waals surface area contributed by atoms with Gasteiger partial charge in [0.15, 0.2) is 17.9 Å². The van der Waals surface area contributed by atoms with E-state index in [0.29, 0.717) is 59.6 Å². The average molecular weight is 1450 g/mol. The van der Waals surface area contributed by atoms with Crippen LogP contribution in [-0.2, 0) is 65.6 Å². The molecule has 0 unspecified atom stereocenters. The van der Waals surface area contributed by atoms with Crippen LogP contribution in [0.25, 0.3) is 0 Å². The van der Waals surface area contributed by atoms with E-state index in [2.05, 4.69) is 57.5 Å². The van der Waals surface area contributed by atoms with Gasteiger partial charge in [0.2, 0.25) is 59.1 Å². The fraction of sp³-hybridized carbons (Fsp3) is 0.667. The van der Waals surface area contributed by atoms with Gasteiger partial charge in [-0.3, -0.25) is 62.9 Å². The van der Waals surface area contributed by atoms with Gasteiger partial charge in [0.1, 0.15) is 53.9 Å². The third-order valence-corrected chi connectivity index (χ3v) is 21.9. The minimum absolute atomic E-state index is 0.0270. The number of guanidine groups is 3. The molecule has 556 valence electrons. The molecule has 2 aliphatic heterocycles. The molecule has 0 radical (unpaired) electrons. The number of hydrogen-bond acceptors (Lipinski definition) is 18. The van der Waals surface area contributed by atoms with Crippen molar-refractivity contribution in [1.29, 1.82) is 0 Å². The lowest BCUT2D eigenvalue weighted by Crippen LogP contribution is -2.66. The Morgan fingerprint density at radius 3 is 1.60 bits per heavy atom. The van der Waals surface area contributed by atoms with Crippen LogP contribution in [0, 0.1) is 23.2 Å². The lowest BCUT2D eigenvalue weighted by atomic mass is 9.49. The highest BCUT2D eigenvalue weighted by molar-refractivity contribution is 7.10. The lowest BCUT2D eigenvalue weighted by molar-refractivity contribution is -0.148. The fourth-order valence-corrected chi connectivity index (χ4v) is 17.3. The molecular weight excluding hydrogens is 1350 g/mol. The van der Waals surface area contributed by atoms with Gasteiger partial charge in [-0.05, 0) is 149 Å². The molecule has 4 bridgehead atoms. The Morgan fingerprint density at radius 2 is 1.08 bits per heavy atom. The van der Waals surface area contributed by atoms with Crippen molar-refractivity contribution in [3.63, 3.8) is 0 Å². The third-order valence-electron chi connectivity index (χ3n) is 20.1. The number of carbonyl (C=O) groups excluding carboxylic acids is 10. The maximum Gasteiger partial charge on any atom is 0.326 e. The summed E-state index contributed by atoms with van der Waals surface area (Å²) >= 11 is 2.56. The second-order valence-electron chi connectivity index (χ2n) is 27.9. The van der Waals surface area contributed by atoms with Crippen LogP contribution < -0.4 is 76.9 Å². The summed E-state index contributed by atoms with van der Waals surface area (Å²) in [6, 6.07) is -3.66. The fourth-order valence-electron chi connectivity index (χ4n) is 15.8. The molecule has 2 aromatic rings. The molecule has 101 heavy (non-hydrogen) atoms. The van der Waals surface area contributed by atoms with Crippen molar-refractivity contribution in [1.82, 2.24) is 52.3 Å². The highest BCUT2D eigenvalue weighted by atomic mass is 32.1. The van der Waals surface area contributed by atoms with E-state index in [1.807, 2.05) is 0 Å². The summed E-state index contributed by atoms with van der Waals surface area (Å²) < 4.78 is 0. The van der Waals surface area contributed by atoms with Gasteiger partial charge in [0.25, 0.3) is 0 Å². The first kappa shape index (κ1) is 78.0. The number of nitrogens with one attached hydrogen (secondary N) is 8. The van der Waals surface area contributed by atoms with Crippen molar-refractivity contribution in [2.24, 2.45) is 72.5 Å². The minimum atomic E-state index is -1.69. The van der Waals surface area contributed by atoms with Gasteiger partial charge < -0.3 is 102 Å². The van der Waals surface area contributed by atoms with E-state index in [4.69, 9.17) is 34.4 Å². The Hall–Kier alpha value is -8.70. The molecule has 23 N–H and O–H groups in total. The van der Waals surface area contributed by atoms with Crippen molar-refractivity contribution in [3.05, 3.63) is 44.8 Å². The first-order chi connectivity index (χ1) is 48.2. The zero-order valence-electron chi connectivity index (χ0n) is 57.0. The van der Waals surface area contributed by atoms with E-state index >= 15 is 0 Å². The molecule has 9 rings (SSSR count). The SMILES string of the molecule is NC(N)=NCCC[C@H](NC(=O)[C@H](Cc1cccs1)NC(=O)C1(NC(=O)[C@H](CO)NC(=O)[C@H](Cc2cccs2)NC(=O)CNC(=O)[C@@H]2C[C@@H](O)CN2C(=O)[C@@H]2CCCN2C(=O)[C@H](CCCN=C(N)N)NC(=O)[C@@H](CCCN=C(N)N)NC(=O)CC23CC4CC(CC(C4)C2)C3)CCCCC1)C(=O)O. The normalized spacial score (nSPS) is 23.4. The molecule has 7 aliphatic rings. The molecule has 5 saturated carbocycles. The first-order valence-corrected chi connectivity index (χ1v) is 36.7. The smallest absolute Gasteiger partial charge is 0.326 e. The highest BCUT2D eigenvalue weighted by Gasteiger charge is 2.52. The molecule has 9 atom stereocenters. The van der Waals surface area contributed by atoms with Gasteiger partial charge in [-0.2, -0.15) is 0 Å². The van der Waals surface area contributed by atoms with E-state index in [1.54, 1.807) is 35.0 Å². The Kier molecular flexibility index (Phi) is 28.4. The predicted molar refractivity (Wildman–Crippen MR) is 375 cm³/mol. The summed E-state index contributed by atoms with van der Waals surface area (Å²) in [5, 5.41) is 56.7. The average Bonchev–Trinajstić information content (AvgIpc) is 0.939. The lowest BCUT2D eigenvalue weighted by Gasteiger charge is -2.56. The van der Waals surface area contributed by atoms with Crippen LogP contribution in [0.2, 0.25) is 0 Å². The van der Waals surface area contributed by atoms with Crippen LogP contribution in [-0.4, -0.2) is 214 Å². The van der Waals surface area contributed by atoms with E-state index in [-0.39, 0.29) is 139 Å². The van der Waals surface area contributed by atoms with Crippen LogP contribution in [0.3, 0.4) is 0 Å². The van der Waals surface area contributed by atoms with Crippen LogP contribution in [0.15, 0.2) is 50.0 Å². The second kappa shape index (κ2) is 36.8. The van der Waals surface area contributed by atoms with Crippen molar-refractivity contribution in [2.45, 2.75) is 208 Å². The van der Waals surface area contributed by atoms with Crippen LogP contribution >= 0.6 is 22.7 Å². The highest BCUT2D eigenvalue weighted by Crippen LogP contribution is 2.61. The number of likely N-dealkylation sites (tertiary alicyclic amines) is 2. The molecule has 33 nitrogen and oxygen atoms in total. The molecule has 7 fully saturated rings. The number of aliphatic hydroxyl groups is 2. The number of carbonyl (C=O) groups is 11. The van der Waals surface area contributed by atoms with Gasteiger partial charge >= 0.3 is 5.97 Å². The minimum Gasteiger partial charge on any atom is -0.480 e. The third kappa shape index (κ3) is 22.4. The number of carboxylic acids is 1. The Balaban J connectivity index is 0.896. The van der Waals surface area contributed by atoms with Crippen molar-refractivity contribution in [2.75, 3.05) is 45.9 Å². The van der Waals surface area contributed by atoms with Crippen LogP contribution in [0.1, 0.15) is 145 Å². The van der Waals surface area contributed by atoms with Gasteiger partial charge in [0.05, 0.1) is 19.3 Å². The number of aliphatic imine (C=N–C) groups is 3. The number of thiophene rings is 2. The summed E-state index contributed by atoms with van der Waals surface area (Å²) in [5.41, 5.74) is 31.4. The van der Waals surface area contributed by atoms with E-state index in [1.165, 1.54) is 46.8 Å². The summed E-state index contributed by atoms with van der Waals surface area (Å²) in [7, 11) is 0. The van der Waals surface area contributed by atoms with Gasteiger partial charge in [-0.1, -0.05) is 31.4 Å². The largest absolute Gasteiger partial charge is 0.480 e. The molecular formula is C66H101N19O14S2. The number of nitrogens with zero attached hydrogens (tertiary/aromatic N) is 5. The molecule has 35 heteroatoms. The van der Waals surface area contributed by atoms with Crippen LogP contribution in [0.5, 0.6) is 0 Å². The molecule has 0 spiro atoms. The Labute approximate surface area is 594 Å². The van der Waals surface area contributed by atoms with Crippen LogP contribution in [0.4, 0.5) is 0 Å². The van der Waals surface area contributed by atoms with Gasteiger partial charge in [0, 0.05) is 68.2 Å². The van der Waals surface area contributed by atoms with E-state index in [0.717, 1.165) is 24.2 Å². The quantitative estimate of drug-likeness (QED) is 0.0185. The summed E-state index contributed by atoms with van der Waals surface area (Å²) in [4.78, 5) is 171. The monoisotopic (exact) mass is 1450 g/mol. The standard InChI is InChI=1S/C66H101N19O14S2/c67-62(68)73-18-4-12-43(77-51(88)33-65-30-37-24-38(31-65)26-39(25-37)32-65)53(90)79-44(13-5-19-74-63(69)70)58(95)84-21-7-15-49(84)59(96)85-35-40(87)27-50(85)57(94)76-34-52(89)78-46(28-41-10-8-22-100-41)54(91)81-48(36-86)56(93)83-66(16-2-1-3-17-66)61(99)82-47(29-42-11-9-23-101-42)55(92)80-45(60(97)98)14-6-20-75-64(71)72/h8-11,22-23,37-40,43-50,86-87H,1-7,12-21,24-36H2,(H,76,94)(H,77,88)(H,78,89)(H,79,90)(H,80,92)(H,81,91)(H,82,99)(H,83,93)(H,97,98)(H4,67,68,73)(H4,69,70,74)(H4,71,72,75)/t37?,38?,39?,40-,43-,44+,45+,46+,47+,48+,49+,50+,65?/m1/s1. The molecule has 5 aliphatic carbocycles. The molecule has 4 heterocycles. The zero-order valence-corrected chi connectivity index (χ0v) is 58.6. The topological polar surface area (TPSA) is 544 Å². The summed E-state index contributed by atoms with van der Waals surface area (Å²) in [6.45, 7) is -1.53. The van der Waals surface area contributed by atoms with Crippen molar-refractivity contribution in [3.8, 4) is 0 Å². The number of aliphatic hydroxyl groups excluding tert-OH is 2. The predicted octanol–water partition coefficient (Wildman–Crippen LogP) is -2.76. The van der Waals surface area contributed by atoms with Crippen molar-refractivity contribution >= 4 is 106 Å².